The van der Waals surface area contributed by atoms with Gasteiger partial charge in [-0.15, -0.1) is 0 Å². The lowest BCUT2D eigenvalue weighted by atomic mass is 10.1. The quantitative estimate of drug-likeness (QED) is 0.342. The van der Waals surface area contributed by atoms with E-state index in [4.69, 9.17) is 16.0 Å². The highest BCUT2D eigenvalue weighted by Crippen LogP contribution is 2.38. The smallest absolute Gasteiger partial charge is 0.224 e. The highest BCUT2D eigenvalue weighted by Gasteiger charge is 2.39. The second kappa shape index (κ2) is 6.27. The van der Waals surface area contributed by atoms with E-state index in [0.717, 1.165) is 14.6 Å². The molecule has 0 amide bonds. The van der Waals surface area contributed by atoms with Crippen molar-refractivity contribution in [3.05, 3.63) is 21.2 Å². The van der Waals surface area contributed by atoms with Crippen LogP contribution in [0.5, 0.6) is 0 Å². The van der Waals surface area contributed by atoms with Gasteiger partial charge in [-0.05, 0) is 66.2 Å². The van der Waals surface area contributed by atoms with E-state index in [1.54, 1.807) is 6.20 Å². The monoisotopic (exact) mass is 465 g/mol. The van der Waals surface area contributed by atoms with Gasteiger partial charge in [0.25, 0.3) is 0 Å². The van der Waals surface area contributed by atoms with Crippen LogP contribution in [0.3, 0.4) is 0 Å². The molecule has 0 atom stereocenters. The van der Waals surface area contributed by atoms with E-state index < -0.39 is 8.32 Å². The van der Waals surface area contributed by atoms with Gasteiger partial charge in [0.2, 0.25) is 5.28 Å². The van der Waals surface area contributed by atoms with Crippen LogP contribution >= 0.6 is 34.2 Å². The third kappa shape index (κ3) is 3.91. The number of hydrogen-bond donors (Lipinski definition) is 0. The van der Waals surface area contributed by atoms with Gasteiger partial charge >= 0.3 is 0 Å². The molecule has 0 aromatic carbocycles. The van der Waals surface area contributed by atoms with Crippen LogP contribution in [0, 0.1) is 3.57 Å². The van der Waals surface area contributed by atoms with E-state index in [2.05, 4.69) is 91.0 Å². The minimum Gasteiger partial charge on any atom is -0.414 e. The molecule has 2 rings (SSSR count). The molecule has 0 unspecified atom stereocenters. The SMILES string of the molecule is CC(C)(CO[Si](C)(C)C(C)(C)C)n1cc(I)c2cnc(Cl)nc21. The van der Waals surface area contributed by atoms with Gasteiger partial charge in [-0.1, -0.05) is 20.8 Å². The maximum absolute atomic E-state index is 6.44. The molecule has 4 nitrogen and oxygen atoms in total. The molecule has 2 heterocycles. The summed E-state index contributed by atoms with van der Waals surface area (Å²) in [5, 5.41) is 1.49. The molecule has 0 spiro atoms. The Kier molecular flexibility index (Phi) is 5.22. The lowest BCUT2D eigenvalue weighted by molar-refractivity contribution is 0.172. The van der Waals surface area contributed by atoms with E-state index in [0.29, 0.717) is 6.61 Å². The Labute approximate surface area is 158 Å². The van der Waals surface area contributed by atoms with Gasteiger partial charge in [0.1, 0.15) is 5.65 Å². The zero-order chi connectivity index (χ0) is 17.6. The Morgan fingerprint density at radius 2 is 1.87 bits per heavy atom. The fraction of sp³-hybridized carbons (Fsp3) is 0.625. The molecule has 0 saturated heterocycles. The summed E-state index contributed by atoms with van der Waals surface area (Å²) in [6.07, 6.45) is 3.89. The molecule has 7 heteroatoms. The first-order valence-corrected chi connectivity index (χ1v) is 12.1. The van der Waals surface area contributed by atoms with Crippen LogP contribution < -0.4 is 0 Å². The van der Waals surface area contributed by atoms with E-state index in [-0.39, 0.29) is 15.9 Å². The van der Waals surface area contributed by atoms with Crippen LogP contribution in [-0.4, -0.2) is 29.5 Å². The number of halogens is 2. The molecule has 0 aliphatic heterocycles. The Morgan fingerprint density at radius 3 is 2.43 bits per heavy atom. The lowest BCUT2D eigenvalue weighted by Crippen LogP contribution is -2.45. The zero-order valence-corrected chi connectivity index (χ0v) is 18.8. The molecule has 23 heavy (non-hydrogen) atoms. The van der Waals surface area contributed by atoms with Gasteiger partial charge in [0.05, 0.1) is 17.5 Å². The average Bonchev–Trinajstić information content (AvgIpc) is 2.73. The van der Waals surface area contributed by atoms with Crippen molar-refractivity contribution in [2.45, 2.75) is 58.3 Å². The summed E-state index contributed by atoms with van der Waals surface area (Å²) in [6.45, 7) is 16.3. The number of aromatic nitrogens is 3. The van der Waals surface area contributed by atoms with E-state index >= 15 is 0 Å². The molecule has 0 bridgehead atoms. The largest absolute Gasteiger partial charge is 0.414 e. The molecular weight excluding hydrogens is 441 g/mol. The number of hydrogen-bond acceptors (Lipinski definition) is 3. The highest BCUT2D eigenvalue weighted by molar-refractivity contribution is 14.1. The van der Waals surface area contributed by atoms with Crippen molar-refractivity contribution in [3.8, 4) is 0 Å². The van der Waals surface area contributed by atoms with Crippen molar-refractivity contribution in [2.75, 3.05) is 6.61 Å². The van der Waals surface area contributed by atoms with E-state index in [1.165, 1.54) is 0 Å². The summed E-state index contributed by atoms with van der Waals surface area (Å²) in [6, 6.07) is 0. The second-order valence-corrected chi connectivity index (χ2v) is 14.4. The van der Waals surface area contributed by atoms with Crippen molar-refractivity contribution >= 4 is 53.5 Å². The Balaban J connectivity index is 2.35. The van der Waals surface area contributed by atoms with Crippen LogP contribution in [0.25, 0.3) is 11.0 Å². The first kappa shape index (κ1) is 19.1. The highest BCUT2D eigenvalue weighted by atomic mass is 127. The Bertz CT molecular complexity index is 722. The molecule has 2 aromatic rings. The molecule has 128 valence electrons. The van der Waals surface area contributed by atoms with Crippen molar-refractivity contribution in [2.24, 2.45) is 0 Å². The van der Waals surface area contributed by atoms with Gasteiger partial charge in [0.15, 0.2) is 8.32 Å². The van der Waals surface area contributed by atoms with E-state index in [9.17, 15) is 0 Å². The van der Waals surface area contributed by atoms with Crippen molar-refractivity contribution in [1.29, 1.82) is 0 Å². The third-order valence-corrected chi connectivity index (χ3v) is 10.2. The molecule has 2 aromatic heterocycles. The standard InChI is InChI=1S/C16H25ClIN3OSi/c1-15(2,3)23(6,7)22-10-16(4,5)21-9-12(18)11-8-19-14(17)20-13(11)21/h8-9H,10H2,1-7H3. The van der Waals surface area contributed by atoms with Crippen molar-refractivity contribution in [3.63, 3.8) is 0 Å². The second-order valence-electron chi connectivity index (χ2n) is 8.08. The predicted octanol–water partition coefficient (Wildman–Crippen LogP) is 5.45. The van der Waals surface area contributed by atoms with Crippen LogP contribution in [0.2, 0.25) is 23.4 Å². The number of rotatable bonds is 4. The van der Waals surface area contributed by atoms with Crippen LogP contribution in [0.4, 0.5) is 0 Å². The van der Waals surface area contributed by atoms with Crippen LogP contribution in [-0.2, 0) is 9.96 Å². The Hall–Kier alpha value is -0.183. The minimum absolute atomic E-state index is 0.196. The fourth-order valence-electron chi connectivity index (χ4n) is 2.05. The molecular formula is C16H25ClIN3OSi. The minimum atomic E-state index is -1.79. The predicted molar refractivity (Wildman–Crippen MR) is 108 cm³/mol. The molecule has 0 N–H and O–H groups in total. The van der Waals surface area contributed by atoms with Gasteiger partial charge in [0, 0.05) is 16.0 Å². The topological polar surface area (TPSA) is 39.9 Å². The summed E-state index contributed by atoms with van der Waals surface area (Å²) in [7, 11) is -1.79. The molecule has 0 radical (unpaired) electrons. The van der Waals surface area contributed by atoms with Crippen LogP contribution in [0.15, 0.2) is 12.4 Å². The summed E-state index contributed by atoms with van der Waals surface area (Å²) < 4.78 is 9.72. The maximum atomic E-state index is 6.44. The first-order valence-electron chi connectivity index (χ1n) is 7.69. The lowest BCUT2D eigenvalue weighted by Gasteiger charge is -2.39. The van der Waals surface area contributed by atoms with E-state index in [1.807, 2.05) is 0 Å². The maximum Gasteiger partial charge on any atom is 0.224 e. The third-order valence-electron chi connectivity index (χ3n) is 4.71. The molecule has 0 fully saturated rings. The summed E-state index contributed by atoms with van der Waals surface area (Å²) in [5.74, 6) is 0. The first-order chi connectivity index (χ1) is 10.3. The normalized spacial score (nSPS) is 13.8. The van der Waals surface area contributed by atoms with Crippen LogP contribution in [0.1, 0.15) is 34.6 Å². The number of fused-ring (bicyclic) bond motifs is 1. The van der Waals surface area contributed by atoms with Crippen molar-refractivity contribution in [1.82, 2.24) is 14.5 Å². The fourth-order valence-corrected chi connectivity index (χ4v) is 3.99. The zero-order valence-electron chi connectivity index (χ0n) is 14.9. The van der Waals surface area contributed by atoms with Gasteiger partial charge in [-0.2, -0.15) is 4.98 Å². The summed E-state index contributed by atoms with van der Waals surface area (Å²) in [4.78, 5) is 8.52. The Morgan fingerprint density at radius 1 is 1.26 bits per heavy atom. The summed E-state index contributed by atoms with van der Waals surface area (Å²) >= 11 is 8.31. The van der Waals surface area contributed by atoms with Gasteiger partial charge < -0.3 is 8.99 Å². The molecule has 0 aliphatic rings. The van der Waals surface area contributed by atoms with Crippen molar-refractivity contribution < 1.29 is 4.43 Å². The van der Waals surface area contributed by atoms with Gasteiger partial charge in [-0.25, -0.2) is 4.98 Å². The molecule has 0 saturated carbocycles. The van der Waals surface area contributed by atoms with Gasteiger partial charge in [-0.3, -0.25) is 0 Å². The summed E-state index contributed by atoms with van der Waals surface area (Å²) in [5.41, 5.74) is 0.646. The number of nitrogens with zero attached hydrogens (tertiary/aromatic N) is 3. The average molecular weight is 466 g/mol. The molecule has 0 aliphatic carbocycles.